The van der Waals surface area contributed by atoms with Crippen molar-refractivity contribution in [2.24, 2.45) is 0 Å². The Hall–Kier alpha value is -0.640. The van der Waals surface area contributed by atoms with Crippen molar-refractivity contribution in [2.75, 3.05) is 0 Å². The Balaban J connectivity index is 2.28. The van der Waals surface area contributed by atoms with Crippen LogP contribution in [0.2, 0.25) is 10.0 Å². The normalized spacial score (nSPS) is 12.5. The molecule has 2 rings (SSSR count). The zero-order valence-corrected chi connectivity index (χ0v) is 12.7. The lowest BCUT2D eigenvalue weighted by Crippen LogP contribution is -2.01. The van der Waals surface area contributed by atoms with Gasteiger partial charge in [0.25, 0.3) is 0 Å². The highest BCUT2D eigenvalue weighted by molar-refractivity contribution is 9.09. The highest BCUT2D eigenvalue weighted by atomic mass is 79.9. The van der Waals surface area contributed by atoms with Crippen molar-refractivity contribution in [1.29, 1.82) is 0 Å². The van der Waals surface area contributed by atoms with Gasteiger partial charge in [-0.15, -0.1) is 0 Å². The van der Waals surface area contributed by atoms with E-state index in [2.05, 4.69) is 15.9 Å². The number of hydrogen-bond acceptors (Lipinski definition) is 0. The highest BCUT2D eigenvalue weighted by Gasteiger charge is 2.17. The van der Waals surface area contributed by atoms with Gasteiger partial charge in [-0.2, -0.15) is 0 Å². The Bertz CT molecular complexity index is 582. The summed E-state index contributed by atoms with van der Waals surface area (Å²) < 4.78 is 27.4. The molecule has 100 valence electrons. The third-order valence-electron chi connectivity index (χ3n) is 2.74. The summed E-state index contributed by atoms with van der Waals surface area (Å²) in [6.07, 6.45) is 0.254. The van der Waals surface area contributed by atoms with E-state index in [1.54, 1.807) is 18.2 Å². The average molecular weight is 366 g/mol. The first-order chi connectivity index (χ1) is 8.99. The summed E-state index contributed by atoms with van der Waals surface area (Å²) in [5.41, 5.74) is 0.782. The molecule has 0 saturated carbocycles. The average Bonchev–Trinajstić information content (AvgIpc) is 2.33. The van der Waals surface area contributed by atoms with Crippen LogP contribution in [0.25, 0.3) is 0 Å². The summed E-state index contributed by atoms with van der Waals surface area (Å²) in [5, 5.41) is 0.656. The van der Waals surface area contributed by atoms with Gasteiger partial charge in [0.2, 0.25) is 0 Å². The van der Waals surface area contributed by atoms with E-state index in [0.717, 1.165) is 0 Å². The minimum absolute atomic E-state index is 0.254. The monoisotopic (exact) mass is 364 g/mol. The molecule has 2 aromatic rings. The fourth-order valence-electron chi connectivity index (χ4n) is 1.77. The molecule has 1 unspecified atom stereocenters. The summed E-state index contributed by atoms with van der Waals surface area (Å²) in [6, 6.07) is 8.88. The largest absolute Gasteiger partial charge is 0.207 e. The second-order valence-electron chi connectivity index (χ2n) is 4.04. The van der Waals surface area contributed by atoms with Gasteiger partial charge in [-0.25, -0.2) is 8.78 Å². The van der Waals surface area contributed by atoms with Crippen LogP contribution >= 0.6 is 39.1 Å². The second-order valence-corrected chi connectivity index (χ2v) is 5.99. The van der Waals surface area contributed by atoms with Crippen molar-refractivity contribution in [3.8, 4) is 0 Å². The number of alkyl halides is 1. The number of halogens is 5. The molecule has 0 nitrogen and oxygen atoms in total. The smallest absolute Gasteiger partial charge is 0.129 e. The summed E-state index contributed by atoms with van der Waals surface area (Å²) in [5.74, 6) is -0.826. The molecule has 0 saturated heterocycles. The molecule has 0 spiro atoms. The molecular weight excluding hydrogens is 357 g/mol. The van der Waals surface area contributed by atoms with Crippen molar-refractivity contribution < 1.29 is 8.78 Å². The molecule has 0 aliphatic heterocycles. The number of rotatable bonds is 3. The standard InChI is InChI=1S/C14H9BrCl2F2/c15-11(9-5-4-8(16)6-14(9)19)7-10-12(17)2-1-3-13(10)18/h1-6,11H,7H2. The van der Waals surface area contributed by atoms with Gasteiger partial charge in [0, 0.05) is 26.0 Å². The molecular formula is C14H9BrCl2F2. The quantitative estimate of drug-likeness (QED) is 0.589. The third-order valence-corrected chi connectivity index (χ3v) is 4.15. The van der Waals surface area contributed by atoms with E-state index in [1.165, 1.54) is 18.2 Å². The van der Waals surface area contributed by atoms with Gasteiger partial charge in [0.1, 0.15) is 11.6 Å². The van der Waals surface area contributed by atoms with Crippen LogP contribution < -0.4 is 0 Å². The fourth-order valence-corrected chi connectivity index (χ4v) is 2.87. The Morgan fingerprint density at radius 3 is 2.42 bits per heavy atom. The minimum atomic E-state index is -0.429. The predicted molar refractivity (Wildman–Crippen MR) is 78.2 cm³/mol. The molecule has 0 aliphatic carbocycles. The van der Waals surface area contributed by atoms with E-state index >= 15 is 0 Å². The van der Waals surface area contributed by atoms with Crippen molar-refractivity contribution in [2.45, 2.75) is 11.2 Å². The van der Waals surface area contributed by atoms with Crippen molar-refractivity contribution in [3.05, 3.63) is 69.2 Å². The zero-order valence-electron chi connectivity index (χ0n) is 9.64. The van der Waals surface area contributed by atoms with E-state index in [9.17, 15) is 8.78 Å². The van der Waals surface area contributed by atoms with Crippen molar-refractivity contribution in [3.63, 3.8) is 0 Å². The molecule has 2 aromatic carbocycles. The summed E-state index contributed by atoms with van der Waals surface area (Å²) in [7, 11) is 0. The molecule has 0 aliphatic rings. The fraction of sp³-hybridized carbons (Fsp3) is 0.143. The lowest BCUT2D eigenvalue weighted by atomic mass is 10.0. The number of hydrogen-bond donors (Lipinski definition) is 0. The first-order valence-electron chi connectivity index (χ1n) is 5.51. The maximum absolute atomic E-state index is 13.8. The van der Waals surface area contributed by atoms with Crippen LogP contribution in [0, 0.1) is 11.6 Å². The van der Waals surface area contributed by atoms with Gasteiger partial charge in [-0.3, -0.25) is 0 Å². The maximum Gasteiger partial charge on any atom is 0.129 e. The van der Waals surface area contributed by atoms with E-state index in [1.807, 2.05) is 0 Å². The van der Waals surface area contributed by atoms with Gasteiger partial charge in [0.15, 0.2) is 0 Å². The SMILES string of the molecule is Fc1cc(Cl)ccc1C(Br)Cc1c(F)cccc1Cl. The van der Waals surface area contributed by atoms with Crippen LogP contribution in [-0.2, 0) is 6.42 Å². The molecule has 5 heteroatoms. The molecule has 0 heterocycles. The van der Waals surface area contributed by atoms with Crippen LogP contribution in [0.5, 0.6) is 0 Å². The number of benzene rings is 2. The van der Waals surface area contributed by atoms with Crippen molar-refractivity contribution >= 4 is 39.1 Å². The maximum atomic E-state index is 13.8. The first kappa shape index (κ1) is 14.8. The van der Waals surface area contributed by atoms with Crippen LogP contribution in [0.1, 0.15) is 16.0 Å². The summed E-state index contributed by atoms with van der Waals surface area (Å²) >= 11 is 15.0. The first-order valence-corrected chi connectivity index (χ1v) is 7.18. The Labute approximate surface area is 128 Å². The second kappa shape index (κ2) is 6.21. The molecule has 1 atom stereocenters. The molecule has 19 heavy (non-hydrogen) atoms. The van der Waals surface area contributed by atoms with Gasteiger partial charge >= 0.3 is 0 Å². The summed E-state index contributed by atoms with van der Waals surface area (Å²) in [6.45, 7) is 0. The van der Waals surface area contributed by atoms with Gasteiger partial charge < -0.3 is 0 Å². The lowest BCUT2D eigenvalue weighted by molar-refractivity contribution is 0.594. The van der Waals surface area contributed by atoms with Crippen LogP contribution in [0.3, 0.4) is 0 Å². The third kappa shape index (κ3) is 3.47. The van der Waals surface area contributed by atoms with Crippen LogP contribution in [0.4, 0.5) is 8.78 Å². The predicted octanol–water partition coefficient (Wildman–Crippen LogP) is 5.95. The van der Waals surface area contributed by atoms with E-state index in [0.29, 0.717) is 21.2 Å². The molecule has 0 bridgehead atoms. The van der Waals surface area contributed by atoms with Crippen LogP contribution in [-0.4, -0.2) is 0 Å². The Morgan fingerprint density at radius 1 is 1.05 bits per heavy atom. The molecule has 0 fully saturated rings. The summed E-state index contributed by atoms with van der Waals surface area (Å²) in [4.78, 5) is -0.376. The molecule has 0 radical (unpaired) electrons. The van der Waals surface area contributed by atoms with E-state index in [4.69, 9.17) is 23.2 Å². The van der Waals surface area contributed by atoms with Crippen LogP contribution in [0.15, 0.2) is 36.4 Å². The van der Waals surface area contributed by atoms with E-state index < -0.39 is 11.6 Å². The Kier molecular flexibility index (Phi) is 4.82. The molecule has 0 aromatic heterocycles. The highest BCUT2D eigenvalue weighted by Crippen LogP contribution is 2.33. The zero-order chi connectivity index (χ0) is 14.0. The van der Waals surface area contributed by atoms with Crippen molar-refractivity contribution in [1.82, 2.24) is 0 Å². The topological polar surface area (TPSA) is 0 Å². The minimum Gasteiger partial charge on any atom is -0.207 e. The Morgan fingerprint density at radius 2 is 1.79 bits per heavy atom. The van der Waals surface area contributed by atoms with Gasteiger partial charge in [-0.05, 0) is 30.7 Å². The van der Waals surface area contributed by atoms with Gasteiger partial charge in [-0.1, -0.05) is 51.3 Å². The van der Waals surface area contributed by atoms with E-state index in [-0.39, 0.29) is 11.2 Å². The lowest BCUT2D eigenvalue weighted by Gasteiger charge is -2.13. The molecule has 0 amide bonds. The molecule has 0 N–H and O–H groups in total. The van der Waals surface area contributed by atoms with Gasteiger partial charge in [0.05, 0.1) is 0 Å².